The summed E-state index contributed by atoms with van der Waals surface area (Å²) in [5.41, 5.74) is 8.39. The van der Waals surface area contributed by atoms with E-state index in [-0.39, 0.29) is 0 Å². The van der Waals surface area contributed by atoms with E-state index in [1.807, 2.05) is 0 Å². The molecule has 1 fully saturated rings. The predicted molar refractivity (Wildman–Crippen MR) is 81.4 cm³/mol. The van der Waals surface area contributed by atoms with Crippen molar-refractivity contribution in [2.45, 2.75) is 38.0 Å². The number of nitrogens with two attached hydrogens (primary N) is 1. The quantitative estimate of drug-likeness (QED) is 0.897. The summed E-state index contributed by atoms with van der Waals surface area (Å²) in [5.74, 6) is 1.15. The summed E-state index contributed by atoms with van der Waals surface area (Å²) >= 11 is 1.56. The molecule has 3 heteroatoms. The molecular formula is C16H20N2S. The molecule has 2 nitrogen and oxygen atoms in total. The zero-order chi connectivity index (χ0) is 13.1. The maximum Gasteiger partial charge on any atom is 0.180 e. The number of nitrogen functional groups attached to an aromatic ring is 1. The molecule has 0 saturated heterocycles. The standard InChI is InChI=1S/C16H20N2S/c17-16-18-14(11-19-16)15(12-7-3-1-4-8-12)13-9-5-2-6-10-13/h1,3-4,7-8,11,13,15H,2,5-6,9-10H2,(H2,17,18). The fraction of sp³-hybridized carbons (Fsp3) is 0.438. The highest BCUT2D eigenvalue weighted by molar-refractivity contribution is 7.13. The van der Waals surface area contributed by atoms with Gasteiger partial charge in [0.05, 0.1) is 5.69 Å². The van der Waals surface area contributed by atoms with Crippen LogP contribution in [0.4, 0.5) is 5.13 Å². The monoisotopic (exact) mass is 272 g/mol. The number of hydrogen-bond acceptors (Lipinski definition) is 3. The second-order valence-corrected chi connectivity index (χ2v) is 6.29. The molecule has 1 aliphatic rings. The molecule has 1 atom stereocenters. The highest BCUT2D eigenvalue weighted by Crippen LogP contribution is 2.40. The summed E-state index contributed by atoms with van der Waals surface area (Å²) in [6.45, 7) is 0. The summed E-state index contributed by atoms with van der Waals surface area (Å²) in [4.78, 5) is 4.56. The van der Waals surface area contributed by atoms with E-state index in [0.717, 1.165) is 5.92 Å². The Hall–Kier alpha value is -1.35. The first-order valence-corrected chi connectivity index (χ1v) is 7.98. The lowest BCUT2D eigenvalue weighted by atomic mass is 9.75. The second kappa shape index (κ2) is 5.74. The normalized spacial score (nSPS) is 18.3. The lowest BCUT2D eigenvalue weighted by Crippen LogP contribution is -2.18. The van der Waals surface area contributed by atoms with E-state index in [9.17, 15) is 0 Å². The van der Waals surface area contributed by atoms with Crippen molar-refractivity contribution in [2.24, 2.45) is 5.92 Å². The highest BCUT2D eigenvalue weighted by Gasteiger charge is 2.28. The fourth-order valence-electron chi connectivity index (χ4n) is 3.26. The van der Waals surface area contributed by atoms with Crippen molar-refractivity contribution in [2.75, 3.05) is 5.73 Å². The number of benzene rings is 1. The van der Waals surface area contributed by atoms with Crippen LogP contribution in [0.1, 0.15) is 49.3 Å². The van der Waals surface area contributed by atoms with Crippen LogP contribution in [0.25, 0.3) is 0 Å². The first kappa shape index (κ1) is 12.7. The lowest BCUT2D eigenvalue weighted by Gasteiger charge is -2.29. The molecule has 0 aliphatic heterocycles. The predicted octanol–water partition coefficient (Wildman–Crippen LogP) is 4.44. The molecular weight excluding hydrogens is 252 g/mol. The number of aromatic nitrogens is 1. The van der Waals surface area contributed by atoms with Crippen LogP contribution < -0.4 is 5.73 Å². The van der Waals surface area contributed by atoms with E-state index in [4.69, 9.17) is 5.73 Å². The van der Waals surface area contributed by atoms with Crippen LogP contribution in [-0.4, -0.2) is 4.98 Å². The van der Waals surface area contributed by atoms with Crippen LogP contribution in [0, 0.1) is 5.92 Å². The van der Waals surface area contributed by atoms with Crippen LogP contribution in [0.5, 0.6) is 0 Å². The van der Waals surface area contributed by atoms with Gasteiger partial charge in [-0.05, 0) is 24.3 Å². The number of nitrogens with zero attached hydrogens (tertiary/aromatic N) is 1. The van der Waals surface area contributed by atoms with Crippen molar-refractivity contribution < 1.29 is 0 Å². The zero-order valence-electron chi connectivity index (χ0n) is 11.1. The van der Waals surface area contributed by atoms with Gasteiger partial charge in [-0.1, -0.05) is 49.6 Å². The van der Waals surface area contributed by atoms with Gasteiger partial charge >= 0.3 is 0 Å². The average molecular weight is 272 g/mol. The van der Waals surface area contributed by atoms with Gasteiger partial charge in [-0.15, -0.1) is 11.3 Å². The third-order valence-electron chi connectivity index (χ3n) is 4.14. The number of anilines is 1. The SMILES string of the molecule is Nc1nc(C(c2ccccc2)C2CCCCC2)cs1. The smallest absolute Gasteiger partial charge is 0.180 e. The Morgan fingerprint density at radius 2 is 1.84 bits per heavy atom. The Morgan fingerprint density at radius 3 is 2.47 bits per heavy atom. The van der Waals surface area contributed by atoms with E-state index in [0.29, 0.717) is 11.0 Å². The molecule has 1 unspecified atom stereocenters. The fourth-order valence-corrected chi connectivity index (χ4v) is 3.85. The van der Waals surface area contributed by atoms with E-state index in [1.54, 1.807) is 11.3 Å². The van der Waals surface area contributed by atoms with Crippen molar-refractivity contribution in [3.8, 4) is 0 Å². The molecule has 2 N–H and O–H groups in total. The summed E-state index contributed by atoms with van der Waals surface area (Å²) in [6, 6.07) is 10.8. The van der Waals surface area contributed by atoms with Gasteiger partial charge in [0, 0.05) is 11.3 Å². The van der Waals surface area contributed by atoms with Crippen LogP contribution >= 0.6 is 11.3 Å². The lowest BCUT2D eigenvalue weighted by molar-refractivity contribution is 0.325. The molecule has 0 bridgehead atoms. The molecule has 1 saturated carbocycles. The van der Waals surface area contributed by atoms with Gasteiger partial charge in [-0.2, -0.15) is 0 Å². The Bertz CT molecular complexity index is 515. The summed E-state index contributed by atoms with van der Waals surface area (Å²) in [5, 5.41) is 2.83. The molecule has 1 heterocycles. The van der Waals surface area contributed by atoms with Crippen LogP contribution in [0.3, 0.4) is 0 Å². The Kier molecular flexibility index (Phi) is 3.83. The Balaban J connectivity index is 1.95. The zero-order valence-corrected chi connectivity index (χ0v) is 11.9. The second-order valence-electron chi connectivity index (χ2n) is 5.40. The topological polar surface area (TPSA) is 38.9 Å². The van der Waals surface area contributed by atoms with Crippen molar-refractivity contribution in [3.63, 3.8) is 0 Å². The third kappa shape index (κ3) is 2.81. The summed E-state index contributed by atoms with van der Waals surface area (Å²) in [6.07, 6.45) is 6.73. The molecule has 2 aromatic rings. The van der Waals surface area contributed by atoms with Gasteiger partial charge in [0.25, 0.3) is 0 Å². The molecule has 1 aliphatic carbocycles. The van der Waals surface area contributed by atoms with Crippen LogP contribution in [0.15, 0.2) is 35.7 Å². The molecule has 0 spiro atoms. The van der Waals surface area contributed by atoms with Crippen molar-refractivity contribution >= 4 is 16.5 Å². The van der Waals surface area contributed by atoms with Gasteiger partial charge in [0.1, 0.15) is 0 Å². The van der Waals surface area contributed by atoms with Gasteiger partial charge in [0.15, 0.2) is 5.13 Å². The summed E-state index contributed by atoms with van der Waals surface area (Å²) in [7, 11) is 0. The largest absolute Gasteiger partial charge is 0.375 e. The first-order chi connectivity index (χ1) is 9.34. The number of thiazole rings is 1. The summed E-state index contributed by atoms with van der Waals surface area (Å²) < 4.78 is 0. The molecule has 0 amide bonds. The van der Waals surface area contributed by atoms with E-state index < -0.39 is 0 Å². The number of rotatable bonds is 3. The van der Waals surface area contributed by atoms with E-state index >= 15 is 0 Å². The molecule has 1 aromatic carbocycles. The van der Waals surface area contributed by atoms with Crippen LogP contribution in [-0.2, 0) is 0 Å². The molecule has 100 valence electrons. The maximum absolute atomic E-state index is 5.83. The van der Waals surface area contributed by atoms with Gasteiger partial charge in [0.2, 0.25) is 0 Å². The number of hydrogen-bond donors (Lipinski definition) is 1. The van der Waals surface area contributed by atoms with Gasteiger partial charge in [-0.25, -0.2) is 4.98 Å². The maximum atomic E-state index is 5.83. The van der Waals surface area contributed by atoms with Crippen molar-refractivity contribution in [1.29, 1.82) is 0 Å². The molecule has 1 aromatic heterocycles. The minimum atomic E-state index is 0.426. The van der Waals surface area contributed by atoms with Crippen LogP contribution in [0.2, 0.25) is 0 Å². The van der Waals surface area contributed by atoms with E-state index in [1.165, 1.54) is 43.4 Å². The molecule has 3 rings (SSSR count). The Labute approximate surface area is 118 Å². The van der Waals surface area contributed by atoms with Crippen molar-refractivity contribution in [1.82, 2.24) is 4.98 Å². The molecule has 0 radical (unpaired) electrons. The molecule has 19 heavy (non-hydrogen) atoms. The van der Waals surface area contributed by atoms with Crippen molar-refractivity contribution in [3.05, 3.63) is 47.0 Å². The van der Waals surface area contributed by atoms with Gasteiger partial charge in [-0.3, -0.25) is 0 Å². The minimum absolute atomic E-state index is 0.426. The minimum Gasteiger partial charge on any atom is -0.375 e. The first-order valence-electron chi connectivity index (χ1n) is 7.10. The average Bonchev–Trinajstić information content (AvgIpc) is 2.88. The van der Waals surface area contributed by atoms with Gasteiger partial charge < -0.3 is 5.73 Å². The van der Waals surface area contributed by atoms with E-state index in [2.05, 4.69) is 40.7 Å². The third-order valence-corrected chi connectivity index (χ3v) is 4.83. The Morgan fingerprint density at radius 1 is 1.11 bits per heavy atom. The highest BCUT2D eigenvalue weighted by atomic mass is 32.1.